The molecule has 0 atom stereocenters. The lowest BCUT2D eigenvalue weighted by atomic mass is 10.2. The molecule has 7 heteroatoms. The number of nitrogens with zero attached hydrogens (tertiary/aromatic N) is 1. The van der Waals surface area contributed by atoms with E-state index in [1.807, 2.05) is 18.2 Å². The Morgan fingerprint density at radius 3 is 2.81 bits per heavy atom. The summed E-state index contributed by atoms with van der Waals surface area (Å²) in [5, 5.41) is 4.43. The maximum absolute atomic E-state index is 12.0. The molecule has 2 aromatic carbocycles. The minimum atomic E-state index is -0.284. The highest BCUT2D eigenvalue weighted by atomic mass is 127. The van der Waals surface area contributed by atoms with E-state index < -0.39 is 0 Å². The van der Waals surface area contributed by atoms with Gasteiger partial charge in [0.05, 0.1) is 18.3 Å². The highest BCUT2D eigenvalue weighted by Gasteiger charge is 2.08. The lowest BCUT2D eigenvalue weighted by Crippen LogP contribution is -2.17. The van der Waals surface area contributed by atoms with Crippen LogP contribution in [0.2, 0.25) is 5.02 Å². The van der Waals surface area contributed by atoms with E-state index in [4.69, 9.17) is 20.8 Å². The topological polar surface area (TPSA) is 63.8 Å². The molecule has 3 rings (SSSR count). The third kappa shape index (κ3) is 4.44. The smallest absolute Gasteiger partial charge is 0.271 e. The van der Waals surface area contributed by atoms with Crippen LogP contribution in [0.3, 0.4) is 0 Å². The summed E-state index contributed by atoms with van der Waals surface area (Å²) in [5.74, 6) is 1.46. The lowest BCUT2D eigenvalue weighted by Gasteiger charge is -2.04. The molecule has 1 aromatic heterocycles. The number of hydrazone groups is 1. The zero-order valence-electron chi connectivity index (χ0n) is 13.7. The molecule has 1 amide bonds. The van der Waals surface area contributed by atoms with Crippen LogP contribution < -0.4 is 10.2 Å². The van der Waals surface area contributed by atoms with E-state index in [0.29, 0.717) is 27.9 Å². The Balaban J connectivity index is 1.67. The molecule has 0 aliphatic rings. The van der Waals surface area contributed by atoms with Crippen molar-refractivity contribution < 1.29 is 13.9 Å². The SMILES string of the molecule is COc1ccc(-c2ccc(/C=N/NC(=O)c3cccc(I)c3)o2)cc1Cl. The molecule has 3 aromatic rings. The molecule has 0 spiro atoms. The van der Waals surface area contributed by atoms with Gasteiger partial charge in [-0.1, -0.05) is 17.7 Å². The van der Waals surface area contributed by atoms with Crippen molar-refractivity contribution in [3.63, 3.8) is 0 Å². The van der Waals surface area contributed by atoms with Crippen LogP contribution in [0.15, 0.2) is 64.1 Å². The number of nitrogens with one attached hydrogen (secondary N) is 1. The average Bonchev–Trinajstić information content (AvgIpc) is 3.10. The van der Waals surface area contributed by atoms with Crippen molar-refractivity contribution >= 4 is 46.3 Å². The van der Waals surface area contributed by atoms with Gasteiger partial charge in [0.1, 0.15) is 17.3 Å². The van der Waals surface area contributed by atoms with Gasteiger partial charge in [-0.3, -0.25) is 4.79 Å². The maximum Gasteiger partial charge on any atom is 0.271 e. The van der Waals surface area contributed by atoms with Gasteiger partial charge in [-0.05, 0) is 71.1 Å². The van der Waals surface area contributed by atoms with E-state index in [1.54, 1.807) is 43.5 Å². The van der Waals surface area contributed by atoms with Crippen LogP contribution >= 0.6 is 34.2 Å². The van der Waals surface area contributed by atoms with E-state index in [0.717, 1.165) is 9.13 Å². The molecule has 0 saturated carbocycles. The molecular formula is C19H14ClIN2O3. The Hall–Kier alpha value is -2.32. The van der Waals surface area contributed by atoms with Crippen molar-refractivity contribution in [1.29, 1.82) is 0 Å². The number of carbonyl (C=O) groups is 1. The summed E-state index contributed by atoms with van der Waals surface area (Å²) in [6, 6.07) is 16.2. The van der Waals surface area contributed by atoms with Gasteiger partial charge in [0, 0.05) is 14.7 Å². The Morgan fingerprint density at radius 2 is 2.08 bits per heavy atom. The second-order valence-corrected chi connectivity index (χ2v) is 6.91. The predicted molar refractivity (Wildman–Crippen MR) is 110 cm³/mol. The number of furan rings is 1. The van der Waals surface area contributed by atoms with Gasteiger partial charge >= 0.3 is 0 Å². The van der Waals surface area contributed by atoms with Crippen LogP contribution in [-0.4, -0.2) is 19.2 Å². The number of amides is 1. The fourth-order valence-electron chi connectivity index (χ4n) is 2.25. The largest absolute Gasteiger partial charge is 0.495 e. The third-order valence-corrected chi connectivity index (χ3v) is 4.47. The molecular weight excluding hydrogens is 467 g/mol. The van der Waals surface area contributed by atoms with Crippen molar-refractivity contribution in [2.24, 2.45) is 5.10 Å². The first-order chi connectivity index (χ1) is 12.6. The van der Waals surface area contributed by atoms with Crippen LogP contribution in [0.5, 0.6) is 5.75 Å². The molecule has 0 bridgehead atoms. The van der Waals surface area contributed by atoms with Gasteiger partial charge in [-0.2, -0.15) is 5.10 Å². The maximum atomic E-state index is 12.0. The standard InChI is InChI=1S/C19H14ClIN2O3/c1-25-18-7-5-12(10-16(18)20)17-8-6-15(26-17)11-22-23-19(24)13-3-2-4-14(21)9-13/h2-11H,1H3,(H,23,24)/b22-11+. The van der Waals surface area contributed by atoms with Crippen molar-refractivity contribution in [3.8, 4) is 17.1 Å². The van der Waals surface area contributed by atoms with Crippen LogP contribution in [-0.2, 0) is 0 Å². The predicted octanol–water partition coefficient (Wildman–Crippen LogP) is 4.98. The molecule has 0 aliphatic carbocycles. The van der Waals surface area contributed by atoms with Crippen molar-refractivity contribution in [2.45, 2.75) is 0 Å². The summed E-state index contributed by atoms with van der Waals surface area (Å²) in [6.07, 6.45) is 1.44. The number of hydrogen-bond acceptors (Lipinski definition) is 4. The van der Waals surface area contributed by atoms with Gasteiger partial charge in [-0.15, -0.1) is 0 Å². The zero-order valence-corrected chi connectivity index (χ0v) is 16.6. The van der Waals surface area contributed by atoms with E-state index in [1.165, 1.54) is 6.21 Å². The lowest BCUT2D eigenvalue weighted by molar-refractivity contribution is 0.0955. The van der Waals surface area contributed by atoms with Gasteiger partial charge in [0.15, 0.2) is 0 Å². The minimum absolute atomic E-state index is 0.284. The van der Waals surface area contributed by atoms with E-state index >= 15 is 0 Å². The molecule has 132 valence electrons. The summed E-state index contributed by atoms with van der Waals surface area (Å²) >= 11 is 8.28. The first kappa shape index (κ1) is 18.5. The third-order valence-electron chi connectivity index (χ3n) is 3.51. The molecule has 1 N–H and O–H groups in total. The molecule has 0 saturated heterocycles. The fraction of sp³-hybridized carbons (Fsp3) is 0.0526. The van der Waals surface area contributed by atoms with Gasteiger partial charge < -0.3 is 9.15 Å². The highest BCUT2D eigenvalue weighted by molar-refractivity contribution is 14.1. The monoisotopic (exact) mass is 480 g/mol. The van der Waals surface area contributed by atoms with E-state index in [9.17, 15) is 4.79 Å². The summed E-state index contributed by atoms with van der Waals surface area (Å²) in [7, 11) is 1.56. The van der Waals surface area contributed by atoms with Crippen molar-refractivity contribution in [2.75, 3.05) is 7.11 Å². The first-order valence-corrected chi connectivity index (χ1v) is 9.05. The number of rotatable bonds is 5. The number of benzene rings is 2. The average molecular weight is 481 g/mol. The summed E-state index contributed by atoms with van der Waals surface area (Å²) in [4.78, 5) is 12.0. The molecule has 5 nitrogen and oxygen atoms in total. The normalized spacial score (nSPS) is 10.9. The summed E-state index contributed by atoms with van der Waals surface area (Å²) in [6.45, 7) is 0. The van der Waals surface area contributed by atoms with Crippen LogP contribution in [0, 0.1) is 3.57 Å². The number of hydrogen-bond donors (Lipinski definition) is 1. The van der Waals surface area contributed by atoms with E-state index in [2.05, 4.69) is 33.1 Å². The van der Waals surface area contributed by atoms with Crippen LogP contribution in [0.4, 0.5) is 0 Å². The van der Waals surface area contributed by atoms with Crippen LogP contribution in [0.1, 0.15) is 16.1 Å². The Labute approximate surface area is 169 Å². The Bertz CT molecular complexity index is 969. The summed E-state index contributed by atoms with van der Waals surface area (Å²) < 4.78 is 11.8. The van der Waals surface area contributed by atoms with Gasteiger partial charge in [-0.25, -0.2) is 5.43 Å². The zero-order chi connectivity index (χ0) is 18.5. The number of methoxy groups -OCH3 is 1. The fourth-order valence-corrected chi connectivity index (χ4v) is 3.05. The van der Waals surface area contributed by atoms with Crippen molar-refractivity contribution in [1.82, 2.24) is 5.43 Å². The number of halogens is 2. The molecule has 1 heterocycles. The quantitative estimate of drug-likeness (QED) is 0.318. The molecule has 0 aliphatic heterocycles. The first-order valence-electron chi connectivity index (χ1n) is 7.59. The Kier molecular flexibility index (Phi) is 5.95. The van der Waals surface area contributed by atoms with Gasteiger partial charge in [0.2, 0.25) is 0 Å². The number of carbonyl (C=O) groups excluding carboxylic acids is 1. The minimum Gasteiger partial charge on any atom is -0.495 e. The molecule has 0 fully saturated rings. The molecule has 0 radical (unpaired) electrons. The Morgan fingerprint density at radius 1 is 1.23 bits per heavy atom. The summed E-state index contributed by atoms with van der Waals surface area (Å²) in [5.41, 5.74) is 3.84. The second-order valence-electron chi connectivity index (χ2n) is 5.26. The van der Waals surface area contributed by atoms with Gasteiger partial charge in [0.25, 0.3) is 5.91 Å². The number of ether oxygens (including phenoxy) is 1. The van der Waals surface area contributed by atoms with E-state index in [-0.39, 0.29) is 5.91 Å². The second kappa shape index (κ2) is 8.37. The van der Waals surface area contributed by atoms with Crippen molar-refractivity contribution in [3.05, 3.63) is 74.5 Å². The van der Waals surface area contributed by atoms with Crippen LogP contribution in [0.25, 0.3) is 11.3 Å². The molecule has 26 heavy (non-hydrogen) atoms. The molecule has 0 unspecified atom stereocenters. The highest BCUT2D eigenvalue weighted by Crippen LogP contribution is 2.30.